The number of amides is 1. The first-order chi connectivity index (χ1) is 16.1. The van der Waals surface area contributed by atoms with Crippen molar-refractivity contribution in [2.24, 2.45) is 0 Å². The molecule has 166 valence electrons. The van der Waals surface area contributed by atoms with Crippen molar-refractivity contribution < 1.29 is 18.2 Å². The highest BCUT2D eigenvalue weighted by Gasteiger charge is 2.20. The molecule has 5 aromatic rings. The zero-order valence-electron chi connectivity index (χ0n) is 17.4. The number of carbonyl (C=O) groups excluding carboxylic acids is 1. The van der Waals surface area contributed by atoms with Gasteiger partial charge in [-0.2, -0.15) is 9.78 Å². The maximum Gasteiger partial charge on any atom is 0.279 e. The van der Waals surface area contributed by atoms with Crippen LogP contribution in [-0.4, -0.2) is 30.8 Å². The topological polar surface area (TPSA) is 145 Å². The highest BCUT2D eigenvalue weighted by atomic mass is 16.5. The molecular formula is C22H18N6O5. The SMILES string of the molecule is CCCc1cc(=O)[nH]c(-n2nc(-c3ccco3)cc2NC(=O)c2cc(-c3ccco3)on2)n1. The summed E-state index contributed by atoms with van der Waals surface area (Å²) < 4.78 is 17.2. The Bertz CT molecular complexity index is 1440. The van der Waals surface area contributed by atoms with Crippen LogP contribution in [0.2, 0.25) is 0 Å². The van der Waals surface area contributed by atoms with E-state index in [2.05, 4.69) is 25.5 Å². The predicted octanol–water partition coefficient (Wildman–Crippen LogP) is 3.67. The van der Waals surface area contributed by atoms with Gasteiger partial charge in [-0.25, -0.2) is 4.98 Å². The number of anilines is 1. The molecule has 0 spiro atoms. The molecule has 0 aromatic carbocycles. The van der Waals surface area contributed by atoms with Gasteiger partial charge in [-0.05, 0) is 30.7 Å². The molecule has 0 aliphatic heterocycles. The van der Waals surface area contributed by atoms with Gasteiger partial charge in [0.1, 0.15) is 11.5 Å². The van der Waals surface area contributed by atoms with E-state index in [0.29, 0.717) is 35.1 Å². The lowest BCUT2D eigenvalue weighted by molar-refractivity contribution is 0.101. The van der Waals surface area contributed by atoms with Crippen LogP contribution >= 0.6 is 0 Å². The first kappa shape index (κ1) is 20.2. The molecule has 0 saturated heterocycles. The van der Waals surface area contributed by atoms with Gasteiger partial charge in [0, 0.05) is 23.9 Å². The summed E-state index contributed by atoms with van der Waals surface area (Å²) in [7, 11) is 0. The second kappa shape index (κ2) is 8.46. The van der Waals surface area contributed by atoms with Gasteiger partial charge in [0.2, 0.25) is 11.7 Å². The molecule has 5 heterocycles. The maximum atomic E-state index is 12.9. The average Bonchev–Trinajstić information content (AvgIpc) is 3.60. The van der Waals surface area contributed by atoms with E-state index >= 15 is 0 Å². The fraction of sp³-hybridized carbons (Fsp3) is 0.136. The zero-order valence-corrected chi connectivity index (χ0v) is 17.4. The standard InChI is InChI=1S/C22H18N6O5/c1-2-5-13-10-20(29)25-22(23-13)28-19(12-14(26-28)16-6-3-8-31-16)24-21(30)15-11-18(33-27-15)17-7-4-9-32-17/h3-4,6-12H,2,5H2,1H3,(H,24,30)(H,23,25,29). The van der Waals surface area contributed by atoms with E-state index in [0.717, 1.165) is 6.42 Å². The summed E-state index contributed by atoms with van der Waals surface area (Å²) in [6.45, 7) is 1.99. The quantitative estimate of drug-likeness (QED) is 0.385. The summed E-state index contributed by atoms with van der Waals surface area (Å²) in [6.07, 6.45) is 4.45. The highest BCUT2D eigenvalue weighted by Crippen LogP contribution is 2.25. The lowest BCUT2D eigenvalue weighted by Crippen LogP contribution is -2.19. The van der Waals surface area contributed by atoms with E-state index in [1.54, 1.807) is 30.3 Å². The molecule has 0 bridgehead atoms. The zero-order chi connectivity index (χ0) is 22.8. The first-order valence-electron chi connectivity index (χ1n) is 10.2. The number of rotatable bonds is 7. The third-order valence-electron chi connectivity index (χ3n) is 4.72. The summed E-state index contributed by atoms with van der Waals surface area (Å²) in [5, 5.41) is 11.0. The number of hydrogen-bond donors (Lipinski definition) is 2. The molecule has 5 rings (SSSR count). The van der Waals surface area contributed by atoms with E-state index in [4.69, 9.17) is 13.4 Å². The van der Waals surface area contributed by atoms with Gasteiger partial charge in [-0.3, -0.25) is 14.6 Å². The molecular weight excluding hydrogens is 428 g/mol. The fourth-order valence-electron chi connectivity index (χ4n) is 3.25. The van der Waals surface area contributed by atoms with E-state index < -0.39 is 5.91 Å². The number of aryl methyl sites for hydroxylation is 1. The molecule has 2 N–H and O–H groups in total. The van der Waals surface area contributed by atoms with Crippen molar-refractivity contribution in [3.63, 3.8) is 0 Å². The van der Waals surface area contributed by atoms with Gasteiger partial charge >= 0.3 is 0 Å². The number of hydrogen-bond acceptors (Lipinski definition) is 8. The number of furan rings is 2. The Morgan fingerprint density at radius 1 is 1.09 bits per heavy atom. The van der Waals surface area contributed by atoms with Crippen molar-refractivity contribution in [1.82, 2.24) is 24.9 Å². The summed E-state index contributed by atoms with van der Waals surface area (Å²) in [5.41, 5.74) is 0.767. The Hall–Kier alpha value is -4.67. The van der Waals surface area contributed by atoms with Crippen molar-refractivity contribution in [2.45, 2.75) is 19.8 Å². The van der Waals surface area contributed by atoms with Gasteiger partial charge in [-0.15, -0.1) is 0 Å². The van der Waals surface area contributed by atoms with Crippen LogP contribution in [0.25, 0.3) is 28.9 Å². The molecule has 0 unspecified atom stereocenters. The summed E-state index contributed by atoms with van der Waals surface area (Å²) in [6, 6.07) is 11.4. The molecule has 33 heavy (non-hydrogen) atoms. The Morgan fingerprint density at radius 2 is 1.88 bits per heavy atom. The van der Waals surface area contributed by atoms with Crippen LogP contribution in [0.5, 0.6) is 0 Å². The summed E-state index contributed by atoms with van der Waals surface area (Å²) in [4.78, 5) is 32.2. The third-order valence-corrected chi connectivity index (χ3v) is 4.72. The molecule has 1 amide bonds. The van der Waals surface area contributed by atoms with Crippen LogP contribution in [0.3, 0.4) is 0 Å². The van der Waals surface area contributed by atoms with Crippen LogP contribution in [0.1, 0.15) is 29.5 Å². The van der Waals surface area contributed by atoms with Crippen LogP contribution < -0.4 is 10.9 Å². The van der Waals surface area contributed by atoms with Crippen molar-refractivity contribution in [1.29, 1.82) is 0 Å². The van der Waals surface area contributed by atoms with Crippen LogP contribution in [0.4, 0.5) is 5.82 Å². The second-order valence-corrected chi connectivity index (χ2v) is 7.12. The van der Waals surface area contributed by atoms with Gasteiger partial charge in [-0.1, -0.05) is 18.5 Å². The third kappa shape index (κ3) is 4.11. The van der Waals surface area contributed by atoms with Gasteiger partial charge in [0.25, 0.3) is 11.5 Å². The Labute approximate surface area is 186 Å². The lowest BCUT2D eigenvalue weighted by Gasteiger charge is -2.08. The highest BCUT2D eigenvalue weighted by molar-refractivity contribution is 6.03. The first-order valence-corrected chi connectivity index (χ1v) is 10.2. The molecule has 11 nitrogen and oxygen atoms in total. The normalized spacial score (nSPS) is 11.1. The number of nitrogens with zero attached hydrogens (tertiary/aromatic N) is 4. The van der Waals surface area contributed by atoms with E-state index in [1.165, 1.54) is 29.3 Å². The molecule has 0 aliphatic carbocycles. The minimum absolute atomic E-state index is 0.0369. The van der Waals surface area contributed by atoms with Crippen molar-refractivity contribution in [3.8, 4) is 28.9 Å². The smallest absolute Gasteiger partial charge is 0.279 e. The van der Waals surface area contributed by atoms with Crippen LogP contribution in [-0.2, 0) is 6.42 Å². The minimum atomic E-state index is -0.546. The number of carbonyl (C=O) groups is 1. The van der Waals surface area contributed by atoms with E-state index in [9.17, 15) is 9.59 Å². The van der Waals surface area contributed by atoms with Gasteiger partial charge in [0.05, 0.1) is 12.5 Å². The van der Waals surface area contributed by atoms with E-state index in [1.807, 2.05) is 6.92 Å². The van der Waals surface area contributed by atoms with Crippen molar-refractivity contribution >= 4 is 11.7 Å². The minimum Gasteiger partial charge on any atom is -0.463 e. The maximum absolute atomic E-state index is 12.9. The lowest BCUT2D eigenvalue weighted by atomic mass is 10.2. The number of aromatic nitrogens is 5. The number of nitrogens with one attached hydrogen (secondary N) is 2. The molecule has 0 radical (unpaired) electrons. The monoisotopic (exact) mass is 446 g/mol. The van der Waals surface area contributed by atoms with Crippen molar-refractivity contribution in [2.75, 3.05) is 5.32 Å². The Kier molecular flexibility index (Phi) is 5.19. The Morgan fingerprint density at radius 3 is 2.61 bits per heavy atom. The Balaban J connectivity index is 1.51. The fourth-order valence-corrected chi connectivity index (χ4v) is 3.25. The molecule has 0 fully saturated rings. The van der Waals surface area contributed by atoms with E-state index in [-0.39, 0.29) is 23.0 Å². The number of H-pyrrole nitrogens is 1. The van der Waals surface area contributed by atoms with Gasteiger partial charge in [0.15, 0.2) is 17.2 Å². The van der Waals surface area contributed by atoms with Crippen LogP contribution in [0.15, 0.2) is 73.1 Å². The molecule has 0 saturated carbocycles. The summed E-state index contributed by atoms with van der Waals surface area (Å²) in [5.74, 6) is 1.12. The second-order valence-electron chi connectivity index (χ2n) is 7.12. The van der Waals surface area contributed by atoms with Crippen LogP contribution in [0, 0.1) is 0 Å². The number of aromatic amines is 1. The molecule has 0 atom stereocenters. The average molecular weight is 446 g/mol. The van der Waals surface area contributed by atoms with Crippen molar-refractivity contribution in [3.05, 3.63) is 76.7 Å². The molecule has 11 heteroatoms. The molecule has 0 aliphatic rings. The molecule has 5 aromatic heterocycles. The van der Waals surface area contributed by atoms with Gasteiger partial charge < -0.3 is 18.7 Å². The summed E-state index contributed by atoms with van der Waals surface area (Å²) >= 11 is 0. The largest absolute Gasteiger partial charge is 0.463 e. The predicted molar refractivity (Wildman–Crippen MR) is 116 cm³/mol.